The van der Waals surface area contributed by atoms with E-state index in [9.17, 15) is 12.8 Å². The van der Waals surface area contributed by atoms with Gasteiger partial charge in [-0.1, -0.05) is 12.1 Å². The largest absolute Gasteiger partial charge is 0.258 e. The van der Waals surface area contributed by atoms with Crippen molar-refractivity contribution in [2.45, 2.75) is 31.1 Å². The maximum absolute atomic E-state index is 13.8. The van der Waals surface area contributed by atoms with E-state index >= 15 is 0 Å². The minimum Gasteiger partial charge on any atom is -0.258 e. The smallest absolute Gasteiger partial charge is 0.238 e. The van der Waals surface area contributed by atoms with Gasteiger partial charge in [0.15, 0.2) is 0 Å². The molecule has 0 fully saturated rings. The number of benzene rings is 1. The number of hydrogen-bond donors (Lipinski definition) is 1. The molecule has 6 heteroatoms. The second kappa shape index (κ2) is 5.86. The van der Waals surface area contributed by atoms with Crippen LogP contribution < -0.4 is 5.14 Å². The zero-order chi connectivity index (χ0) is 16.6. The molecule has 0 unspecified atom stereocenters. The van der Waals surface area contributed by atoms with Gasteiger partial charge in [0.05, 0.1) is 10.6 Å². The van der Waals surface area contributed by atoms with Crippen molar-refractivity contribution < 1.29 is 12.8 Å². The van der Waals surface area contributed by atoms with E-state index in [0.717, 1.165) is 41.5 Å². The molecule has 2 N–H and O–H groups in total. The number of primary sulfonamides is 1. The van der Waals surface area contributed by atoms with Crippen molar-refractivity contribution in [3.63, 3.8) is 0 Å². The zero-order valence-corrected chi connectivity index (χ0v) is 13.5. The van der Waals surface area contributed by atoms with Gasteiger partial charge in [-0.15, -0.1) is 0 Å². The highest BCUT2D eigenvalue weighted by molar-refractivity contribution is 7.89. The van der Waals surface area contributed by atoms with Gasteiger partial charge in [0.25, 0.3) is 0 Å². The summed E-state index contributed by atoms with van der Waals surface area (Å²) in [4.78, 5) is 4.18. The van der Waals surface area contributed by atoms with Crippen LogP contribution in [-0.4, -0.2) is 13.4 Å². The number of hydrogen-bond acceptors (Lipinski definition) is 3. The molecule has 4 nitrogen and oxygen atoms in total. The first-order chi connectivity index (χ1) is 10.9. The molecule has 0 saturated heterocycles. The van der Waals surface area contributed by atoms with Crippen molar-refractivity contribution in [3.8, 4) is 0 Å². The van der Waals surface area contributed by atoms with E-state index in [-0.39, 0.29) is 10.7 Å². The molecule has 0 atom stereocenters. The minimum atomic E-state index is -3.69. The van der Waals surface area contributed by atoms with Gasteiger partial charge in [0.1, 0.15) is 5.82 Å². The first-order valence-electron chi connectivity index (χ1n) is 7.34. The van der Waals surface area contributed by atoms with Crippen LogP contribution in [0.5, 0.6) is 0 Å². The summed E-state index contributed by atoms with van der Waals surface area (Å²) in [5.74, 6) is -0.314. The SMILES string of the molecule is Cc1ncc(C2=C(c3ccc(S(N)(=O)=O)cc3)CCC2)cc1F. The van der Waals surface area contributed by atoms with Gasteiger partial charge < -0.3 is 0 Å². The number of nitrogens with two attached hydrogens (primary N) is 1. The van der Waals surface area contributed by atoms with Gasteiger partial charge in [0.2, 0.25) is 10.0 Å². The first-order valence-corrected chi connectivity index (χ1v) is 8.88. The fourth-order valence-corrected chi connectivity index (χ4v) is 3.41. The van der Waals surface area contributed by atoms with E-state index in [1.165, 1.54) is 18.2 Å². The Labute approximate surface area is 134 Å². The molecular weight excluding hydrogens is 315 g/mol. The van der Waals surface area contributed by atoms with Gasteiger partial charge >= 0.3 is 0 Å². The molecule has 1 aromatic heterocycles. The molecule has 0 bridgehead atoms. The number of rotatable bonds is 3. The number of pyridine rings is 1. The van der Waals surface area contributed by atoms with Crippen molar-refractivity contribution in [3.05, 3.63) is 59.2 Å². The average Bonchev–Trinajstić information content (AvgIpc) is 2.99. The second-order valence-corrected chi connectivity index (χ2v) is 7.23. The fourth-order valence-electron chi connectivity index (χ4n) is 2.90. The van der Waals surface area contributed by atoms with Crippen molar-refractivity contribution in [1.82, 2.24) is 4.98 Å². The summed E-state index contributed by atoms with van der Waals surface area (Å²) < 4.78 is 36.5. The molecular formula is C17H17FN2O2S. The lowest BCUT2D eigenvalue weighted by atomic mass is 9.98. The van der Waals surface area contributed by atoms with Gasteiger partial charge in [-0.25, -0.2) is 17.9 Å². The Morgan fingerprint density at radius 2 is 1.70 bits per heavy atom. The number of sulfonamides is 1. The number of aryl methyl sites for hydroxylation is 1. The highest BCUT2D eigenvalue weighted by Crippen LogP contribution is 2.39. The molecule has 1 aliphatic rings. The van der Waals surface area contributed by atoms with E-state index in [0.29, 0.717) is 5.69 Å². The quantitative estimate of drug-likeness (QED) is 0.937. The van der Waals surface area contributed by atoms with Crippen LogP contribution in [-0.2, 0) is 10.0 Å². The summed E-state index contributed by atoms with van der Waals surface area (Å²) >= 11 is 0. The summed E-state index contributed by atoms with van der Waals surface area (Å²) in [7, 11) is -3.69. The summed E-state index contributed by atoms with van der Waals surface area (Å²) in [5, 5.41) is 5.12. The van der Waals surface area contributed by atoms with Crippen LogP contribution in [0.1, 0.15) is 36.1 Å². The normalized spacial score (nSPS) is 15.3. The van der Waals surface area contributed by atoms with Crippen LogP contribution in [0, 0.1) is 12.7 Å². The lowest BCUT2D eigenvalue weighted by Gasteiger charge is -2.09. The fraction of sp³-hybridized carbons (Fsp3) is 0.235. The van der Waals surface area contributed by atoms with Crippen molar-refractivity contribution >= 4 is 21.2 Å². The lowest BCUT2D eigenvalue weighted by Crippen LogP contribution is -2.11. The Bertz CT molecular complexity index is 887. The van der Waals surface area contributed by atoms with Crippen LogP contribution in [0.2, 0.25) is 0 Å². The first kappa shape index (κ1) is 15.8. The van der Waals surface area contributed by atoms with E-state index in [1.807, 2.05) is 0 Å². The van der Waals surface area contributed by atoms with Gasteiger partial charge in [0, 0.05) is 6.20 Å². The molecule has 0 amide bonds. The maximum atomic E-state index is 13.8. The number of allylic oxidation sites excluding steroid dienone is 2. The molecule has 0 radical (unpaired) electrons. The van der Waals surface area contributed by atoms with Gasteiger partial charge in [-0.3, -0.25) is 4.98 Å². The number of nitrogens with zero attached hydrogens (tertiary/aromatic N) is 1. The molecule has 2 aromatic rings. The predicted molar refractivity (Wildman–Crippen MR) is 87.4 cm³/mol. The third-order valence-corrected chi connectivity index (χ3v) is 5.05. The Hall–Kier alpha value is -2.05. The second-order valence-electron chi connectivity index (χ2n) is 5.67. The van der Waals surface area contributed by atoms with E-state index in [2.05, 4.69) is 4.98 Å². The van der Waals surface area contributed by atoms with Crippen molar-refractivity contribution in [2.24, 2.45) is 5.14 Å². The molecule has 0 aliphatic heterocycles. The Kier molecular flexibility index (Phi) is 4.04. The molecule has 0 spiro atoms. The van der Waals surface area contributed by atoms with Crippen LogP contribution in [0.15, 0.2) is 41.4 Å². The number of aromatic nitrogens is 1. The monoisotopic (exact) mass is 332 g/mol. The summed E-state index contributed by atoms with van der Waals surface area (Å²) in [6.45, 7) is 1.63. The summed E-state index contributed by atoms with van der Waals surface area (Å²) in [6.07, 6.45) is 4.41. The van der Waals surface area contributed by atoms with Crippen LogP contribution in [0.3, 0.4) is 0 Å². The molecule has 0 saturated carbocycles. The summed E-state index contributed by atoms with van der Waals surface area (Å²) in [5.41, 5.74) is 4.28. The highest BCUT2D eigenvalue weighted by atomic mass is 32.2. The van der Waals surface area contributed by atoms with Gasteiger partial charge in [-0.2, -0.15) is 0 Å². The highest BCUT2D eigenvalue weighted by Gasteiger charge is 2.19. The van der Waals surface area contributed by atoms with E-state index < -0.39 is 10.0 Å². The lowest BCUT2D eigenvalue weighted by molar-refractivity contribution is 0.598. The standard InChI is InChI=1S/C17H17FN2O2S/c1-11-17(18)9-13(10-20-11)16-4-2-3-15(16)12-5-7-14(8-6-12)23(19,21)22/h5-10H,2-4H2,1H3,(H2,19,21,22). The molecule has 120 valence electrons. The Morgan fingerprint density at radius 1 is 1.09 bits per heavy atom. The molecule has 3 rings (SSSR count). The molecule has 1 heterocycles. The van der Waals surface area contributed by atoms with E-state index in [1.54, 1.807) is 25.3 Å². The number of halogens is 1. The summed E-state index contributed by atoms with van der Waals surface area (Å²) in [6, 6.07) is 8.02. The maximum Gasteiger partial charge on any atom is 0.238 e. The third-order valence-electron chi connectivity index (χ3n) is 4.12. The van der Waals surface area contributed by atoms with Crippen molar-refractivity contribution in [1.29, 1.82) is 0 Å². The van der Waals surface area contributed by atoms with Crippen LogP contribution in [0.25, 0.3) is 11.1 Å². The molecule has 23 heavy (non-hydrogen) atoms. The van der Waals surface area contributed by atoms with E-state index in [4.69, 9.17) is 5.14 Å². The minimum absolute atomic E-state index is 0.0874. The Balaban J connectivity index is 2.04. The van der Waals surface area contributed by atoms with Gasteiger partial charge in [-0.05, 0) is 66.7 Å². The molecule has 1 aromatic carbocycles. The topological polar surface area (TPSA) is 73.0 Å². The van der Waals surface area contributed by atoms with Crippen molar-refractivity contribution in [2.75, 3.05) is 0 Å². The van der Waals surface area contributed by atoms with Crippen LogP contribution in [0.4, 0.5) is 4.39 Å². The third kappa shape index (κ3) is 3.18. The molecule has 1 aliphatic carbocycles. The van der Waals surface area contributed by atoms with Crippen LogP contribution >= 0.6 is 0 Å². The Morgan fingerprint density at radius 3 is 2.26 bits per heavy atom. The predicted octanol–water partition coefficient (Wildman–Crippen LogP) is 3.27. The average molecular weight is 332 g/mol. The zero-order valence-electron chi connectivity index (χ0n) is 12.7.